The van der Waals surface area contributed by atoms with Crippen molar-refractivity contribution in [3.05, 3.63) is 0 Å². The highest BCUT2D eigenvalue weighted by atomic mass is 15.3. The summed E-state index contributed by atoms with van der Waals surface area (Å²) >= 11 is 0. The van der Waals surface area contributed by atoms with Crippen LogP contribution >= 0.6 is 0 Å². The zero-order valence-electron chi connectivity index (χ0n) is 14.1. The van der Waals surface area contributed by atoms with Crippen molar-refractivity contribution >= 4 is 0 Å². The summed E-state index contributed by atoms with van der Waals surface area (Å²) in [6.45, 7) is 18.4. The Labute approximate surface area is 126 Å². The highest BCUT2D eigenvalue weighted by Gasteiger charge is 2.33. The number of nitrogens with one attached hydrogen (secondary N) is 1. The highest BCUT2D eigenvalue weighted by Crippen LogP contribution is 2.32. The molecule has 20 heavy (non-hydrogen) atoms. The Morgan fingerprint density at radius 1 is 1.20 bits per heavy atom. The first-order valence-corrected chi connectivity index (χ1v) is 8.70. The van der Waals surface area contributed by atoms with Crippen LogP contribution < -0.4 is 5.32 Å². The van der Waals surface area contributed by atoms with E-state index < -0.39 is 0 Å². The SMILES string of the molecule is CCC(C)N1CCN(CC(C)(C)C2CCCNC2)CC1. The number of nitrogens with zero attached hydrogens (tertiary/aromatic N) is 2. The quantitative estimate of drug-likeness (QED) is 0.835. The fourth-order valence-corrected chi connectivity index (χ4v) is 3.84. The van der Waals surface area contributed by atoms with Gasteiger partial charge in [-0.1, -0.05) is 20.8 Å². The summed E-state index contributed by atoms with van der Waals surface area (Å²) in [5.74, 6) is 0.851. The van der Waals surface area contributed by atoms with Crippen LogP contribution in [-0.4, -0.2) is 61.7 Å². The van der Waals surface area contributed by atoms with Crippen molar-refractivity contribution in [2.75, 3.05) is 45.8 Å². The molecule has 0 amide bonds. The van der Waals surface area contributed by atoms with Crippen molar-refractivity contribution < 1.29 is 0 Å². The van der Waals surface area contributed by atoms with E-state index in [1.54, 1.807) is 0 Å². The smallest absolute Gasteiger partial charge is 0.0113 e. The van der Waals surface area contributed by atoms with E-state index in [9.17, 15) is 0 Å². The van der Waals surface area contributed by atoms with Crippen molar-refractivity contribution in [3.63, 3.8) is 0 Å². The van der Waals surface area contributed by atoms with Crippen LogP contribution in [0.15, 0.2) is 0 Å². The molecular formula is C17H35N3. The van der Waals surface area contributed by atoms with Crippen LogP contribution in [0.4, 0.5) is 0 Å². The van der Waals surface area contributed by atoms with Gasteiger partial charge in [0.2, 0.25) is 0 Å². The average molecular weight is 281 g/mol. The van der Waals surface area contributed by atoms with Crippen LogP contribution in [0.25, 0.3) is 0 Å². The highest BCUT2D eigenvalue weighted by molar-refractivity contribution is 4.87. The number of piperidine rings is 1. The first-order chi connectivity index (χ1) is 9.53. The van der Waals surface area contributed by atoms with Gasteiger partial charge in [0.1, 0.15) is 0 Å². The molecule has 2 fully saturated rings. The van der Waals surface area contributed by atoms with Gasteiger partial charge in [-0.25, -0.2) is 0 Å². The Morgan fingerprint density at radius 3 is 2.45 bits per heavy atom. The lowest BCUT2D eigenvalue weighted by Crippen LogP contribution is -2.53. The molecule has 0 aliphatic carbocycles. The van der Waals surface area contributed by atoms with Gasteiger partial charge in [0.15, 0.2) is 0 Å². The third kappa shape index (κ3) is 4.19. The molecular weight excluding hydrogens is 246 g/mol. The van der Waals surface area contributed by atoms with Crippen LogP contribution in [0.3, 0.4) is 0 Å². The summed E-state index contributed by atoms with van der Waals surface area (Å²) in [6.07, 6.45) is 4.04. The number of piperazine rings is 1. The zero-order valence-corrected chi connectivity index (χ0v) is 14.1. The van der Waals surface area contributed by atoms with E-state index in [2.05, 4.69) is 42.8 Å². The molecule has 0 aromatic carbocycles. The van der Waals surface area contributed by atoms with Gasteiger partial charge in [0.25, 0.3) is 0 Å². The molecule has 0 spiro atoms. The molecule has 0 bridgehead atoms. The largest absolute Gasteiger partial charge is 0.316 e. The molecule has 2 atom stereocenters. The lowest BCUT2D eigenvalue weighted by molar-refractivity contribution is 0.0493. The second kappa shape index (κ2) is 7.24. The topological polar surface area (TPSA) is 18.5 Å². The molecule has 2 aliphatic heterocycles. The van der Waals surface area contributed by atoms with Gasteiger partial charge < -0.3 is 10.2 Å². The first kappa shape index (κ1) is 16.3. The Bertz CT molecular complexity index is 276. The fourth-order valence-electron chi connectivity index (χ4n) is 3.84. The van der Waals surface area contributed by atoms with Crippen LogP contribution in [-0.2, 0) is 0 Å². The standard InChI is InChI=1S/C17H35N3/c1-5-15(2)20-11-9-19(10-12-20)14-17(3,4)16-7-6-8-18-13-16/h15-16,18H,5-14H2,1-4H3. The molecule has 2 saturated heterocycles. The summed E-state index contributed by atoms with van der Waals surface area (Å²) in [5.41, 5.74) is 0.450. The summed E-state index contributed by atoms with van der Waals surface area (Å²) in [5, 5.41) is 3.58. The third-order valence-electron chi connectivity index (χ3n) is 5.65. The molecule has 2 unspecified atom stereocenters. The average Bonchev–Trinajstić information content (AvgIpc) is 2.48. The zero-order chi connectivity index (χ0) is 14.6. The van der Waals surface area contributed by atoms with Crippen LogP contribution in [0.2, 0.25) is 0 Å². The van der Waals surface area contributed by atoms with E-state index in [0.29, 0.717) is 5.41 Å². The molecule has 2 heterocycles. The maximum Gasteiger partial charge on any atom is 0.0113 e. The minimum atomic E-state index is 0.450. The van der Waals surface area contributed by atoms with Gasteiger partial charge in [0.05, 0.1) is 0 Å². The summed E-state index contributed by atoms with van der Waals surface area (Å²) in [4.78, 5) is 5.36. The maximum atomic E-state index is 3.58. The maximum absolute atomic E-state index is 3.58. The van der Waals surface area contributed by atoms with E-state index in [0.717, 1.165) is 12.0 Å². The number of hydrogen-bond donors (Lipinski definition) is 1. The summed E-state index contributed by atoms with van der Waals surface area (Å²) < 4.78 is 0. The van der Waals surface area contributed by atoms with E-state index in [1.165, 1.54) is 65.1 Å². The molecule has 2 rings (SSSR count). The summed E-state index contributed by atoms with van der Waals surface area (Å²) in [6, 6.07) is 0.757. The number of rotatable bonds is 5. The minimum absolute atomic E-state index is 0.450. The van der Waals surface area contributed by atoms with Gasteiger partial charge in [0, 0.05) is 38.8 Å². The Hall–Kier alpha value is -0.120. The van der Waals surface area contributed by atoms with Crippen molar-refractivity contribution in [1.29, 1.82) is 0 Å². The van der Waals surface area contributed by atoms with Crippen molar-refractivity contribution in [1.82, 2.24) is 15.1 Å². The lowest BCUT2D eigenvalue weighted by Gasteiger charge is -2.44. The van der Waals surface area contributed by atoms with E-state index in [1.807, 2.05) is 0 Å². The predicted octanol–water partition coefficient (Wildman–Crippen LogP) is 2.43. The normalized spacial score (nSPS) is 28.5. The third-order valence-corrected chi connectivity index (χ3v) is 5.65. The molecule has 0 saturated carbocycles. The fraction of sp³-hybridized carbons (Fsp3) is 1.00. The first-order valence-electron chi connectivity index (χ1n) is 8.70. The molecule has 0 aromatic rings. The van der Waals surface area contributed by atoms with Crippen molar-refractivity contribution in [2.45, 2.75) is 53.0 Å². The Balaban J connectivity index is 1.79. The minimum Gasteiger partial charge on any atom is -0.316 e. The van der Waals surface area contributed by atoms with Gasteiger partial charge in [-0.05, 0) is 50.6 Å². The second-order valence-electron chi connectivity index (χ2n) is 7.60. The molecule has 118 valence electrons. The molecule has 3 nitrogen and oxygen atoms in total. The molecule has 0 aromatic heterocycles. The summed E-state index contributed by atoms with van der Waals surface area (Å²) in [7, 11) is 0. The van der Waals surface area contributed by atoms with E-state index >= 15 is 0 Å². The monoisotopic (exact) mass is 281 g/mol. The van der Waals surface area contributed by atoms with Gasteiger partial charge in [-0.15, -0.1) is 0 Å². The number of hydrogen-bond acceptors (Lipinski definition) is 3. The lowest BCUT2D eigenvalue weighted by atomic mass is 9.74. The Kier molecular flexibility index (Phi) is 5.88. The Morgan fingerprint density at radius 2 is 1.90 bits per heavy atom. The van der Waals surface area contributed by atoms with Gasteiger partial charge in [-0.3, -0.25) is 4.90 Å². The molecule has 1 N–H and O–H groups in total. The van der Waals surface area contributed by atoms with Crippen LogP contribution in [0.1, 0.15) is 47.0 Å². The predicted molar refractivity (Wildman–Crippen MR) is 87.1 cm³/mol. The van der Waals surface area contributed by atoms with Crippen LogP contribution in [0, 0.1) is 11.3 Å². The van der Waals surface area contributed by atoms with Crippen molar-refractivity contribution in [3.8, 4) is 0 Å². The van der Waals surface area contributed by atoms with Crippen LogP contribution in [0.5, 0.6) is 0 Å². The van der Waals surface area contributed by atoms with E-state index in [-0.39, 0.29) is 0 Å². The van der Waals surface area contributed by atoms with Gasteiger partial charge in [-0.2, -0.15) is 0 Å². The molecule has 3 heteroatoms. The van der Waals surface area contributed by atoms with Gasteiger partial charge >= 0.3 is 0 Å². The van der Waals surface area contributed by atoms with Crippen molar-refractivity contribution in [2.24, 2.45) is 11.3 Å². The second-order valence-corrected chi connectivity index (χ2v) is 7.60. The molecule has 2 aliphatic rings. The van der Waals surface area contributed by atoms with E-state index in [4.69, 9.17) is 0 Å². The molecule has 0 radical (unpaired) electrons.